The number of anilines is 2. The minimum atomic E-state index is -0.869. The molecular weight excluding hydrogens is 590 g/mol. The molecule has 9 nitrogen and oxygen atoms in total. The third-order valence-electron chi connectivity index (χ3n) is 5.98. The van der Waals surface area contributed by atoms with Crippen LogP contribution in [0.5, 0.6) is 11.5 Å². The maximum atomic E-state index is 13.1. The van der Waals surface area contributed by atoms with Gasteiger partial charge in [0.05, 0.1) is 17.3 Å². The molecule has 0 aliphatic carbocycles. The summed E-state index contributed by atoms with van der Waals surface area (Å²) in [5.41, 5.74) is 3.10. The smallest absolute Gasteiger partial charge is 0.335 e. The van der Waals surface area contributed by atoms with Gasteiger partial charge >= 0.3 is 6.03 Å². The van der Waals surface area contributed by atoms with Gasteiger partial charge in [-0.05, 0) is 95.0 Å². The van der Waals surface area contributed by atoms with Gasteiger partial charge in [0.2, 0.25) is 0 Å². The maximum absolute atomic E-state index is 13.1. The average molecular weight is 613 g/mol. The number of amides is 5. The van der Waals surface area contributed by atoms with Crippen LogP contribution in [-0.2, 0) is 14.4 Å². The second kappa shape index (κ2) is 11.7. The number of carbonyl (C=O) groups is 4. The molecule has 0 unspecified atom stereocenters. The molecule has 1 saturated heterocycles. The van der Waals surface area contributed by atoms with E-state index < -0.39 is 17.8 Å². The van der Waals surface area contributed by atoms with Crippen LogP contribution in [0.4, 0.5) is 16.2 Å². The van der Waals surface area contributed by atoms with Gasteiger partial charge in [0.1, 0.15) is 5.57 Å². The number of imide groups is 2. The molecule has 0 bridgehead atoms. The Morgan fingerprint density at radius 3 is 2.51 bits per heavy atom. The lowest BCUT2D eigenvalue weighted by molar-refractivity contribution is -0.122. The van der Waals surface area contributed by atoms with E-state index in [0.717, 1.165) is 16.0 Å². The van der Waals surface area contributed by atoms with Crippen LogP contribution in [0.15, 0.2) is 64.6 Å². The van der Waals surface area contributed by atoms with Gasteiger partial charge in [0.25, 0.3) is 17.7 Å². The fourth-order valence-electron chi connectivity index (χ4n) is 3.82. The Labute approximate surface area is 237 Å². The van der Waals surface area contributed by atoms with E-state index in [9.17, 15) is 19.2 Å². The van der Waals surface area contributed by atoms with Crippen LogP contribution < -0.4 is 25.0 Å². The summed E-state index contributed by atoms with van der Waals surface area (Å²) >= 11 is 9.32. The number of carbonyl (C=O) groups excluding carboxylic acids is 4. The monoisotopic (exact) mass is 611 g/mol. The molecule has 39 heavy (non-hydrogen) atoms. The molecule has 1 heterocycles. The first-order valence-electron chi connectivity index (χ1n) is 11.6. The van der Waals surface area contributed by atoms with Crippen molar-refractivity contribution in [2.45, 2.75) is 13.8 Å². The van der Waals surface area contributed by atoms with Gasteiger partial charge in [-0.1, -0.05) is 23.7 Å². The lowest BCUT2D eigenvalue weighted by Crippen LogP contribution is -2.54. The minimum absolute atomic E-state index is 0.252. The van der Waals surface area contributed by atoms with Crippen molar-refractivity contribution in [3.8, 4) is 11.5 Å². The lowest BCUT2D eigenvalue weighted by Gasteiger charge is -2.26. The highest BCUT2D eigenvalue weighted by Gasteiger charge is 2.36. The zero-order valence-electron chi connectivity index (χ0n) is 21.1. The molecule has 200 valence electrons. The molecule has 3 aromatic rings. The number of halogens is 2. The van der Waals surface area contributed by atoms with Gasteiger partial charge in [0, 0.05) is 10.7 Å². The molecule has 1 fully saturated rings. The van der Waals surface area contributed by atoms with E-state index in [1.54, 1.807) is 12.1 Å². The van der Waals surface area contributed by atoms with Crippen LogP contribution in [0, 0.1) is 13.8 Å². The standard InChI is InChI=1S/C28H23BrClN3O6/c1-15-5-4-6-22(16(15)2)31-24(34)14-39-25-21(29)12-17(13-23(25)38-3)11-20-26(35)32-28(37)33(27(20)36)19-9-7-18(30)8-10-19/h4-13H,14H2,1-3H3,(H,31,34)(H,32,35,37)/b20-11-. The van der Waals surface area contributed by atoms with Gasteiger partial charge in [0.15, 0.2) is 18.1 Å². The van der Waals surface area contributed by atoms with Crippen molar-refractivity contribution in [3.05, 3.63) is 86.4 Å². The first-order chi connectivity index (χ1) is 18.6. The van der Waals surface area contributed by atoms with E-state index in [0.29, 0.717) is 20.7 Å². The van der Waals surface area contributed by atoms with E-state index in [1.165, 1.54) is 37.5 Å². The van der Waals surface area contributed by atoms with E-state index in [-0.39, 0.29) is 35.3 Å². The Morgan fingerprint density at radius 1 is 1.10 bits per heavy atom. The molecule has 0 aromatic heterocycles. The van der Waals surface area contributed by atoms with E-state index in [1.807, 2.05) is 32.0 Å². The molecule has 5 amide bonds. The Morgan fingerprint density at radius 2 is 1.82 bits per heavy atom. The topological polar surface area (TPSA) is 114 Å². The molecular formula is C28H23BrClN3O6. The molecule has 0 atom stereocenters. The van der Waals surface area contributed by atoms with Gasteiger partial charge in [-0.15, -0.1) is 0 Å². The molecule has 0 spiro atoms. The molecule has 1 aliphatic heterocycles. The number of hydrogen-bond acceptors (Lipinski definition) is 6. The van der Waals surface area contributed by atoms with Gasteiger partial charge in [-0.25, -0.2) is 9.69 Å². The van der Waals surface area contributed by atoms with Crippen molar-refractivity contribution in [2.75, 3.05) is 23.9 Å². The quantitative estimate of drug-likeness (QED) is 0.272. The van der Waals surface area contributed by atoms with Crippen molar-refractivity contribution in [1.82, 2.24) is 5.32 Å². The van der Waals surface area contributed by atoms with Gasteiger partial charge in [-0.2, -0.15) is 0 Å². The van der Waals surface area contributed by atoms with Crippen molar-refractivity contribution in [3.63, 3.8) is 0 Å². The number of urea groups is 1. The number of ether oxygens (including phenoxy) is 2. The fourth-order valence-corrected chi connectivity index (χ4v) is 4.52. The van der Waals surface area contributed by atoms with Crippen LogP contribution in [0.25, 0.3) is 6.08 Å². The Bertz CT molecular complexity index is 1520. The van der Waals surface area contributed by atoms with E-state index in [2.05, 4.69) is 26.6 Å². The molecule has 4 rings (SSSR count). The SMILES string of the molecule is COc1cc(/C=C2/C(=O)NC(=O)N(c3ccc(Cl)cc3)C2=O)cc(Br)c1OCC(=O)Nc1cccc(C)c1C. The van der Waals surface area contributed by atoms with Crippen molar-refractivity contribution < 1.29 is 28.7 Å². The zero-order chi connectivity index (χ0) is 28.3. The Kier molecular flexibility index (Phi) is 8.37. The summed E-state index contributed by atoms with van der Waals surface area (Å²) in [5.74, 6) is -1.49. The zero-order valence-corrected chi connectivity index (χ0v) is 23.5. The summed E-state index contributed by atoms with van der Waals surface area (Å²) in [5, 5.41) is 5.43. The summed E-state index contributed by atoms with van der Waals surface area (Å²) in [6, 6.07) is 13.9. The molecule has 0 saturated carbocycles. The number of barbiturate groups is 1. The summed E-state index contributed by atoms with van der Waals surface area (Å²) in [4.78, 5) is 51.5. The molecule has 0 radical (unpaired) electrons. The van der Waals surface area contributed by atoms with E-state index in [4.69, 9.17) is 21.1 Å². The number of hydrogen-bond donors (Lipinski definition) is 2. The van der Waals surface area contributed by atoms with Crippen LogP contribution in [0.2, 0.25) is 5.02 Å². The van der Waals surface area contributed by atoms with Crippen molar-refractivity contribution >= 4 is 68.7 Å². The molecule has 1 aliphatic rings. The fraction of sp³-hybridized carbons (Fsp3) is 0.143. The van der Waals surface area contributed by atoms with Crippen LogP contribution in [0.3, 0.4) is 0 Å². The highest BCUT2D eigenvalue weighted by atomic mass is 79.9. The largest absolute Gasteiger partial charge is 0.493 e. The highest BCUT2D eigenvalue weighted by molar-refractivity contribution is 9.10. The highest BCUT2D eigenvalue weighted by Crippen LogP contribution is 2.37. The third-order valence-corrected chi connectivity index (χ3v) is 6.82. The second-order valence-electron chi connectivity index (χ2n) is 8.55. The summed E-state index contributed by atoms with van der Waals surface area (Å²) in [6.45, 7) is 3.58. The predicted molar refractivity (Wildman–Crippen MR) is 151 cm³/mol. The maximum Gasteiger partial charge on any atom is 0.335 e. The van der Waals surface area contributed by atoms with Gasteiger partial charge < -0.3 is 14.8 Å². The second-order valence-corrected chi connectivity index (χ2v) is 9.84. The first-order valence-corrected chi connectivity index (χ1v) is 12.8. The first kappa shape index (κ1) is 27.9. The van der Waals surface area contributed by atoms with Crippen LogP contribution in [0.1, 0.15) is 16.7 Å². The summed E-state index contributed by atoms with van der Waals surface area (Å²) < 4.78 is 11.6. The summed E-state index contributed by atoms with van der Waals surface area (Å²) in [7, 11) is 1.42. The Balaban J connectivity index is 1.55. The molecule has 3 aromatic carbocycles. The average Bonchev–Trinajstić information content (AvgIpc) is 2.89. The number of nitrogens with zero attached hydrogens (tertiary/aromatic N) is 1. The number of benzene rings is 3. The summed E-state index contributed by atoms with van der Waals surface area (Å²) in [6.07, 6.45) is 1.33. The number of rotatable bonds is 7. The predicted octanol–water partition coefficient (Wildman–Crippen LogP) is 5.41. The van der Waals surface area contributed by atoms with Crippen LogP contribution >= 0.6 is 27.5 Å². The Hall–Kier alpha value is -4.15. The molecule has 11 heteroatoms. The minimum Gasteiger partial charge on any atom is -0.493 e. The lowest BCUT2D eigenvalue weighted by atomic mass is 10.1. The number of nitrogens with one attached hydrogen (secondary N) is 2. The van der Waals surface area contributed by atoms with Gasteiger partial charge in [-0.3, -0.25) is 19.7 Å². The van der Waals surface area contributed by atoms with Crippen molar-refractivity contribution in [1.29, 1.82) is 0 Å². The number of aryl methyl sites for hydroxylation is 1. The third kappa shape index (κ3) is 6.13. The number of methoxy groups -OCH3 is 1. The van der Waals surface area contributed by atoms with E-state index >= 15 is 0 Å². The molecule has 2 N–H and O–H groups in total. The van der Waals surface area contributed by atoms with Crippen molar-refractivity contribution in [2.24, 2.45) is 0 Å². The van der Waals surface area contributed by atoms with Crippen LogP contribution in [-0.4, -0.2) is 37.5 Å². The normalized spacial score (nSPS) is 14.3.